The third-order valence-corrected chi connectivity index (χ3v) is 3.37. The first-order valence-electron chi connectivity index (χ1n) is 6.04. The molecule has 2 aromatic rings. The molecule has 0 aromatic heterocycles. The number of fused-ring (bicyclic) bond motifs is 1. The Morgan fingerprint density at radius 1 is 1.11 bits per heavy atom. The van der Waals surface area contributed by atoms with Gasteiger partial charge in [0.15, 0.2) is 0 Å². The first-order chi connectivity index (χ1) is 8.78. The summed E-state index contributed by atoms with van der Waals surface area (Å²) in [5.41, 5.74) is 4.06. The third kappa shape index (κ3) is 1.87. The minimum atomic E-state index is -0.201. The van der Waals surface area contributed by atoms with Crippen LogP contribution in [0.3, 0.4) is 0 Å². The summed E-state index contributed by atoms with van der Waals surface area (Å²) in [7, 11) is 0. The number of aliphatic hydroxyl groups is 1. The highest BCUT2D eigenvalue weighted by atomic mass is 19.1. The number of hydrogen-bond acceptors (Lipinski definition) is 2. The highest BCUT2D eigenvalue weighted by Crippen LogP contribution is 2.34. The average Bonchev–Trinajstić information content (AvgIpc) is 2.82. The first kappa shape index (κ1) is 11.2. The van der Waals surface area contributed by atoms with Crippen molar-refractivity contribution in [1.29, 1.82) is 0 Å². The van der Waals surface area contributed by atoms with Crippen LogP contribution in [0.5, 0.6) is 0 Å². The lowest BCUT2D eigenvalue weighted by Gasteiger charge is -2.19. The number of anilines is 2. The summed E-state index contributed by atoms with van der Waals surface area (Å²) in [6.07, 6.45) is 0.942. The van der Waals surface area contributed by atoms with E-state index < -0.39 is 0 Å². The molecule has 1 heterocycles. The molecule has 92 valence electrons. The van der Waals surface area contributed by atoms with Crippen LogP contribution >= 0.6 is 0 Å². The Bertz CT molecular complexity index is 565. The minimum Gasteiger partial charge on any atom is -0.392 e. The molecule has 0 spiro atoms. The molecule has 0 fully saturated rings. The van der Waals surface area contributed by atoms with E-state index in [1.165, 1.54) is 11.6 Å². The van der Waals surface area contributed by atoms with Crippen molar-refractivity contribution in [3.63, 3.8) is 0 Å². The fourth-order valence-corrected chi connectivity index (χ4v) is 2.40. The monoisotopic (exact) mass is 243 g/mol. The largest absolute Gasteiger partial charge is 0.392 e. The molecule has 18 heavy (non-hydrogen) atoms. The van der Waals surface area contributed by atoms with Gasteiger partial charge >= 0.3 is 0 Å². The van der Waals surface area contributed by atoms with Crippen LogP contribution in [0, 0.1) is 5.82 Å². The number of nitrogens with zero attached hydrogens (tertiary/aromatic N) is 1. The Morgan fingerprint density at radius 2 is 1.89 bits per heavy atom. The van der Waals surface area contributed by atoms with Crippen LogP contribution in [-0.2, 0) is 13.0 Å². The Morgan fingerprint density at radius 3 is 2.61 bits per heavy atom. The van der Waals surface area contributed by atoms with Crippen LogP contribution in [0.2, 0.25) is 0 Å². The van der Waals surface area contributed by atoms with Crippen LogP contribution in [-0.4, -0.2) is 11.7 Å². The van der Waals surface area contributed by atoms with Crippen LogP contribution in [0.25, 0.3) is 0 Å². The summed E-state index contributed by atoms with van der Waals surface area (Å²) < 4.78 is 13.3. The van der Waals surface area contributed by atoms with Crippen LogP contribution in [0.1, 0.15) is 11.1 Å². The highest BCUT2D eigenvalue weighted by Gasteiger charge is 2.20. The Kier molecular flexibility index (Phi) is 2.76. The molecular weight excluding hydrogens is 229 g/mol. The standard InChI is InChI=1S/C15H14FNO/c16-13-4-3-12-7-8-17(15(12)9-13)14-5-1-11(10-18)2-6-14/h1-6,9,18H,7-8,10H2. The Balaban J connectivity index is 1.97. The van der Waals surface area contributed by atoms with Gasteiger partial charge in [0.25, 0.3) is 0 Å². The van der Waals surface area contributed by atoms with Gasteiger partial charge in [0.05, 0.1) is 6.61 Å². The fraction of sp³-hybridized carbons (Fsp3) is 0.200. The predicted molar refractivity (Wildman–Crippen MR) is 69.5 cm³/mol. The molecule has 1 aliphatic rings. The maximum Gasteiger partial charge on any atom is 0.125 e. The maximum absolute atomic E-state index is 13.3. The molecule has 0 unspecified atom stereocenters. The molecule has 0 aliphatic carbocycles. The zero-order valence-electron chi connectivity index (χ0n) is 9.94. The molecule has 0 bridgehead atoms. The lowest BCUT2D eigenvalue weighted by atomic mass is 10.1. The van der Waals surface area contributed by atoms with E-state index in [9.17, 15) is 4.39 Å². The molecule has 0 radical (unpaired) electrons. The lowest BCUT2D eigenvalue weighted by molar-refractivity contribution is 0.282. The minimum absolute atomic E-state index is 0.0471. The molecule has 3 heteroatoms. The van der Waals surface area contributed by atoms with Crippen molar-refractivity contribution >= 4 is 11.4 Å². The van der Waals surface area contributed by atoms with Gasteiger partial charge in [0, 0.05) is 17.9 Å². The van der Waals surface area contributed by atoms with Crippen LogP contribution in [0.15, 0.2) is 42.5 Å². The molecule has 0 saturated carbocycles. The van der Waals surface area contributed by atoms with E-state index in [0.717, 1.165) is 29.9 Å². The van der Waals surface area contributed by atoms with Crippen molar-refractivity contribution < 1.29 is 9.50 Å². The van der Waals surface area contributed by atoms with E-state index in [-0.39, 0.29) is 12.4 Å². The third-order valence-electron chi connectivity index (χ3n) is 3.37. The molecule has 0 atom stereocenters. The smallest absolute Gasteiger partial charge is 0.125 e. The second-order valence-corrected chi connectivity index (χ2v) is 4.50. The summed E-state index contributed by atoms with van der Waals surface area (Å²) in [6.45, 7) is 0.919. The molecule has 2 nitrogen and oxygen atoms in total. The van der Waals surface area contributed by atoms with Gasteiger partial charge in [-0.15, -0.1) is 0 Å². The molecule has 0 saturated heterocycles. The zero-order valence-corrected chi connectivity index (χ0v) is 9.94. The zero-order chi connectivity index (χ0) is 12.5. The summed E-state index contributed by atoms with van der Waals surface area (Å²) in [5.74, 6) is -0.201. The van der Waals surface area contributed by atoms with Gasteiger partial charge in [-0.05, 0) is 41.8 Å². The van der Waals surface area contributed by atoms with E-state index in [1.807, 2.05) is 30.3 Å². The van der Waals surface area contributed by atoms with E-state index in [2.05, 4.69) is 4.90 Å². The van der Waals surface area contributed by atoms with Gasteiger partial charge in [-0.3, -0.25) is 0 Å². The predicted octanol–water partition coefficient (Wildman–Crippen LogP) is 3.01. The van der Waals surface area contributed by atoms with Crippen molar-refractivity contribution in [1.82, 2.24) is 0 Å². The van der Waals surface area contributed by atoms with Crippen LogP contribution in [0.4, 0.5) is 15.8 Å². The van der Waals surface area contributed by atoms with Crippen molar-refractivity contribution in [3.05, 3.63) is 59.4 Å². The van der Waals surface area contributed by atoms with Crippen molar-refractivity contribution in [3.8, 4) is 0 Å². The number of rotatable bonds is 2. The van der Waals surface area contributed by atoms with Crippen molar-refractivity contribution in [2.45, 2.75) is 13.0 Å². The second kappa shape index (κ2) is 4.42. The normalized spacial score (nSPS) is 13.8. The van der Waals surface area contributed by atoms with Gasteiger partial charge < -0.3 is 10.0 Å². The van der Waals surface area contributed by atoms with E-state index in [1.54, 1.807) is 6.07 Å². The first-order valence-corrected chi connectivity index (χ1v) is 6.04. The quantitative estimate of drug-likeness (QED) is 0.876. The Labute approximate surface area is 105 Å². The fourth-order valence-electron chi connectivity index (χ4n) is 2.40. The molecule has 1 aliphatic heterocycles. The van der Waals surface area contributed by atoms with Crippen LogP contribution < -0.4 is 4.90 Å². The van der Waals surface area contributed by atoms with Gasteiger partial charge in [-0.25, -0.2) is 4.39 Å². The number of hydrogen-bond donors (Lipinski definition) is 1. The maximum atomic E-state index is 13.3. The summed E-state index contributed by atoms with van der Waals surface area (Å²) in [6, 6.07) is 12.7. The summed E-state index contributed by atoms with van der Waals surface area (Å²) >= 11 is 0. The molecule has 3 rings (SSSR count). The van der Waals surface area contributed by atoms with Crippen molar-refractivity contribution in [2.24, 2.45) is 0 Å². The van der Waals surface area contributed by atoms with E-state index in [0.29, 0.717) is 0 Å². The van der Waals surface area contributed by atoms with Gasteiger partial charge in [0.1, 0.15) is 5.82 Å². The number of aliphatic hydroxyl groups excluding tert-OH is 1. The van der Waals surface area contributed by atoms with E-state index in [4.69, 9.17) is 5.11 Å². The van der Waals surface area contributed by atoms with Gasteiger partial charge in [0.2, 0.25) is 0 Å². The SMILES string of the molecule is OCc1ccc(N2CCc3ccc(F)cc32)cc1. The average molecular weight is 243 g/mol. The molecule has 1 N–H and O–H groups in total. The molecule has 2 aromatic carbocycles. The number of benzene rings is 2. The molecular formula is C15H14FNO. The summed E-state index contributed by atoms with van der Waals surface area (Å²) in [4.78, 5) is 2.11. The summed E-state index contributed by atoms with van der Waals surface area (Å²) in [5, 5.41) is 9.02. The topological polar surface area (TPSA) is 23.5 Å². The lowest BCUT2D eigenvalue weighted by Crippen LogP contribution is -2.13. The van der Waals surface area contributed by atoms with Crippen molar-refractivity contribution in [2.75, 3.05) is 11.4 Å². The highest BCUT2D eigenvalue weighted by molar-refractivity contribution is 5.69. The second-order valence-electron chi connectivity index (χ2n) is 4.50. The Hall–Kier alpha value is -1.87. The molecule has 0 amide bonds. The number of halogens is 1. The van der Waals surface area contributed by atoms with E-state index >= 15 is 0 Å². The van der Waals surface area contributed by atoms with Gasteiger partial charge in [-0.1, -0.05) is 18.2 Å². The van der Waals surface area contributed by atoms with Gasteiger partial charge in [-0.2, -0.15) is 0 Å².